The fraction of sp³-hybridized carbons (Fsp3) is 0.364. The summed E-state index contributed by atoms with van der Waals surface area (Å²) >= 11 is 5.87. The fourth-order valence-corrected chi connectivity index (χ4v) is 1.07. The van der Waals surface area contributed by atoms with E-state index in [1.165, 1.54) is 0 Å². The van der Waals surface area contributed by atoms with E-state index in [-0.39, 0.29) is 11.9 Å². The molecule has 0 radical (unpaired) electrons. The minimum Gasteiger partial charge on any atom is -0.425 e. The Morgan fingerprint density at radius 1 is 1.43 bits per heavy atom. The molecule has 0 fully saturated rings. The zero-order chi connectivity index (χ0) is 10.7. The SMILES string of the molecule is Cc1ccc(Cl)c(OC(=O)C(C)C)c1. The Balaban J connectivity index is 2.86. The van der Waals surface area contributed by atoms with Crippen molar-refractivity contribution in [2.45, 2.75) is 20.8 Å². The van der Waals surface area contributed by atoms with Crippen molar-refractivity contribution in [1.82, 2.24) is 0 Å². The third-order valence-electron chi connectivity index (χ3n) is 1.77. The Morgan fingerprint density at radius 2 is 2.07 bits per heavy atom. The largest absolute Gasteiger partial charge is 0.425 e. The number of hydrogen-bond donors (Lipinski definition) is 0. The first-order valence-electron chi connectivity index (χ1n) is 4.48. The molecule has 0 atom stereocenters. The predicted molar refractivity (Wildman–Crippen MR) is 56.7 cm³/mol. The van der Waals surface area contributed by atoms with Crippen molar-refractivity contribution in [1.29, 1.82) is 0 Å². The number of hydrogen-bond acceptors (Lipinski definition) is 2. The second-order valence-corrected chi connectivity index (χ2v) is 3.92. The molecule has 14 heavy (non-hydrogen) atoms. The van der Waals surface area contributed by atoms with E-state index in [0.717, 1.165) is 5.56 Å². The van der Waals surface area contributed by atoms with Gasteiger partial charge in [-0.2, -0.15) is 0 Å². The molecule has 3 heteroatoms. The first-order valence-corrected chi connectivity index (χ1v) is 4.86. The zero-order valence-electron chi connectivity index (χ0n) is 8.50. The summed E-state index contributed by atoms with van der Waals surface area (Å²) in [5, 5.41) is 0.463. The molecule has 0 saturated heterocycles. The van der Waals surface area contributed by atoms with Gasteiger partial charge in [-0.15, -0.1) is 0 Å². The normalized spacial score (nSPS) is 10.4. The van der Waals surface area contributed by atoms with Crippen LogP contribution in [0.15, 0.2) is 18.2 Å². The highest BCUT2D eigenvalue weighted by molar-refractivity contribution is 6.32. The van der Waals surface area contributed by atoms with Crippen LogP contribution in [0.5, 0.6) is 5.75 Å². The molecule has 0 unspecified atom stereocenters. The van der Waals surface area contributed by atoms with Gasteiger partial charge >= 0.3 is 5.97 Å². The van der Waals surface area contributed by atoms with Crippen molar-refractivity contribution in [3.8, 4) is 5.75 Å². The lowest BCUT2D eigenvalue weighted by molar-refractivity contribution is -0.137. The number of halogens is 1. The maximum atomic E-state index is 11.3. The van der Waals surface area contributed by atoms with Gasteiger partial charge in [-0.1, -0.05) is 31.5 Å². The molecule has 1 aromatic rings. The molecule has 76 valence electrons. The van der Waals surface area contributed by atoms with E-state index in [1.54, 1.807) is 26.0 Å². The molecule has 0 aliphatic carbocycles. The van der Waals surface area contributed by atoms with Crippen LogP contribution in [0.2, 0.25) is 5.02 Å². The van der Waals surface area contributed by atoms with E-state index in [0.29, 0.717) is 10.8 Å². The van der Waals surface area contributed by atoms with Crippen LogP contribution in [0.4, 0.5) is 0 Å². The summed E-state index contributed by atoms with van der Waals surface area (Å²) in [6, 6.07) is 5.34. The summed E-state index contributed by atoms with van der Waals surface area (Å²) in [7, 11) is 0. The Labute approximate surface area is 88.8 Å². The Morgan fingerprint density at radius 3 is 2.64 bits per heavy atom. The molecule has 0 N–H and O–H groups in total. The third kappa shape index (κ3) is 2.74. The molecule has 0 saturated carbocycles. The Bertz CT molecular complexity index is 345. The molecule has 0 aromatic heterocycles. The van der Waals surface area contributed by atoms with Gasteiger partial charge in [0, 0.05) is 0 Å². The standard InChI is InChI=1S/C11H13ClO2/c1-7(2)11(13)14-10-6-8(3)4-5-9(10)12/h4-7H,1-3H3. The number of benzene rings is 1. The second-order valence-electron chi connectivity index (χ2n) is 3.51. The van der Waals surface area contributed by atoms with Gasteiger partial charge in [-0.3, -0.25) is 4.79 Å². The number of carbonyl (C=O) groups is 1. The smallest absolute Gasteiger partial charge is 0.313 e. The van der Waals surface area contributed by atoms with Crippen molar-refractivity contribution in [3.05, 3.63) is 28.8 Å². The Hall–Kier alpha value is -1.02. The van der Waals surface area contributed by atoms with Crippen LogP contribution in [0.25, 0.3) is 0 Å². The number of ether oxygens (including phenoxy) is 1. The van der Waals surface area contributed by atoms with E-state index in [9.17, 15) is 4.79 Å². The van der Waals surface area contributed by atoms with Gasteiger partial charge in [0.05, 0.1) is 10.9 Å². The molecule has 0 amide bonds. The van der Waals surface area contributed by atoms with Crippen LogP contribution in [0.1, 0.15) is 19.4 Å². The van der Waals surface area contributed by atoms with E-state index in [4.69, 9.17) is 16.3 Å². The lowest BCUT2D eigenvalue weighted by Crippen LogP contribution is -2.14. The van der Waals surface area contributed by atoms with Crippen LogP contribution in [-0.2, 0) is 4.79 Å². The van der Waals surface area contributed by atoms with E-state index >= 15 is 0 Å². The molecular weight excluding hydrogens is 200 g/mol. The third-order valence-corrected chi connectivity index (χ3v) is 2.08. The van der Waals surface area contributed by atoms with Crippen LogP contribution in [0.3, 0.4) is 0 Å². The van der Waals surface area contributed by atoms with Gasteiger partial charge in [0.15, 0.2) is 0 Å². The topological polar surface area (TPSA) is 26.3 Å². The molecule has 1 aromatic carbocycles. The second kappa shape index (κ2) is 4.47. The summed E-state index contributed by atoms with van der Waals surface area (Å²) in [5.74, 6) is 0.0226. The maximum Gasteiger partial charge on any atom is 0.313 e. The number of carbonyl (C=O) groups excluding carboxylic acids is 1. The van der Waals surface area contributed by atoms with E-state index in [1.807, 2.05) is 13.0 Å². The highest BCUT2D eigenvalue weighted by Crippen LogP contribution is 2.25. The molecule has 0 aliphatic rings. The minimum absolute atomic E-state index is 0.147. The number of rotatable bonds is 2. The average molecular weight is 213 g/mol. The minimum atomic E-state index is -0.266. The highest BCUT2D eigenvalue weighted by Gasteiger charge is 2.11. The number of esters is 1. The molecule has 0 spiro atoms. The lowest BCUT2D eigenvalue weighted by atomic mass is 10.2. The molecule has 0 bridgehead atoms. The summed E-state index contributed by atoms with van der Waals surface area (Å²) in [6.45, 7) is 5.49. The van der Waals surface area contributed by atoms with Gasteiger partial charge < -0.3 is 4.74 Å². The molecule has 2 nitrogen and oxygen atoms in total. The van der Waals surface area contributed by atoms with Gasteiger partial charge in [0.25, 0.3) is 0 Å². The first kappa shape index (κ1) is 11.1. The lowest BCUT2D eigenvalue weighted by Gasteiger charge is -2.08. The van der Waals surface area contributed by atoms with Crippen LogP contribution >= 0.6 is 11.6 Å². The van der Waals surface area contributed by atoms with Gasteiger partial charge in [-0.25, -0.2) is 0 Å². The molecule has 0 heterocycles. The van der Waals surface area contributed by atoms with Crippen LogP contribution in [0, 0.1) is 12.8 Å². The predicted octanol–water partition coefficient (Wildman–Crippen LogP) is 3.21. The fourth-order valence-electron chi connectivity index (χ4n) is 0.915. The van der Waals surface area contributed by atoms with Crippen molar-refractivity contribution in [3.63, 3.8) is 0 Å². The molecular formula is C11H13ClO2. The monoisotopic (exact) mass is 212 g/mol. The van der Waals surface area contributed by atoms with Crippen molar-refractivity contribution >= 4 is 17.6 Å². The Kier molecular flexibility index (Phi) is 3.53. The maximum absolute atomic E-state index is 11.3. The van der Waals surface area contributed by atoms with Gasteiger partial charge in [0.1, 0.15) is 5.75 Å². The van der Waals surface area contributed by atoms with Gasteiger partial charge in [-0.05, 0) is 24.6 Å². The summed E-state index contributed by atoms with van der Waals surface area (Å²) < 4.78 is 5.12. The van der Waals surface area contributed by atoms with Crippen LogP contribution < -0.4 is 4.74 Å². The highest BCUT2D eigenvalue weighted by atomic mass is 35.5. The summed E-state index contributed by atoms with van der Waals surface area (Å²) in [5.41, 5.74) is 1.01. The average Bonchev–Trinajstić information content (AvgIpc) is 2.11. The quantitative estimate of drug-likeness (QED) is 0.556. The first-order chi connectivity index (χ1) is 6.50. The molecule has 1 rings (SSSR count). The van der Waals surface area contributed by atoms with Gasteiger partial charge in [0.2, 0.25) is 0 Å². The molecule has 0 aliphatic heterocycles. The summed E-state index contributed by atoms with van der Waals surface area (Å²) in [6.07, 6.45) is 0. The van der Waals surface area contributed by atoms with Crippen molar-refractivity contribution in [2.75, 3.05) is 0 Å². The van der Waals surface area contributed by atoms with Crippen LogP contribution in [-0.4, -0.2) is 5.97 Å². The summed E-state index contributed by atoms with van der Waals surface area (Å²) in [4.78, 5) is 11.3. The van der Waals surface area contributed by atoms with Crippen molar-refractivity contribution < 1.29 is 9.53 Å². The van der Waals surface area contributed by atoms with E-state index < -0.39 is 0 Å². The van der Waals surface area contributed by atoms with E-state index in [2.05, 4.69) is 0 Å². The van der Waals surface area contributed by atoms with Crippen molar-refractivity contribution in [2.24, 2.45) is 5.92 Å². The number of aryl methyl sites for hydroxylation is 1. The zero-order valence-corrected chi connectivity index (χ0v) is 9.26.